The van der Waals surface area contributed by atoms with Crippen LogP contribution < -0.4 is 0 Å². The van der Waals surface area contributed by atoms with Crippen molar-refractivity contribution < 1.29 is 4.79 Å². The van der Waals surface area contributed by atoms with Crippen molar-refractivity contribution in [2.24, 2.45) is 11.3 Å². The van der Waals surface area contributed by atoms with E-state index in [1.165, 1.54) is 12.8 Å². The first-order valence-electron chi connectivity index (χ1n) is 11.2. The van der Waals surface area contributed by atoms with Gasteiger partial charge in [0, 0.05) is 55.9 Å². The Bertz CT molecular complexity index is 937. The molecule has 1 aromatic heterocycles. The zero-order chi connectivity index (χ0) is 20.9. The molecule has 1 spiro atoms. The van der Waals surface area contributed by atoms with Crippen LogP contribution in [0.3, 0.4) is 0 Å². The van der Waals surface area contributed by atoms with Gasteiger partial charge in [0.2, 0.25) is 5.91 Å². The monoisotopic (exact) mass is 426 g/mol. The Balaban J connectivity index is 1.44. The van der Waals surface area contributed by atoms with E-state index in [1.807, 2.05) is 24.5 Å². The maximum atomic E-state index is 13.7. The molecule has 5 nitrogen and oxygen atoms in total. The van der Waals surface area contributed by atoms with E-state index in [1.54, 1.807) is 0 Å². The lowest BCUT2D eigenvalue weighted by molar-refractivity contribution is -0.136. The van der Waals surface area contributed by atoms with E-state index in [9.17, 15) is 4.79 Å². The zero-order valence-electron chi connectivity index (χ0n) is 17.9. The molecule has 0 unspecified atom stereocenters. The van der Waals surface area contributed by atoms with Gasteiger partial charge >= 0.3 is 0 Å². The lowest BCUT2D eigenvalue weighted by Gasteiger charge is -2.28. The van der Waals surface area contributed by atoms with Crippen molar-refractivity contribution in [3.8, 4) is 0 Å². The average molecular weight is 427 g/mol. The molecule has 0 radical (unpaired) electrons. The highest BCUT2D eigenvalue weighted by Gasteiger charge is 2.58. The van der Waals surface area contributed by atoms with Gasteiger partial charge in [-0.25, -0.2) is 4.98 Å². The third-order valence-electron chi connectivity index (χ3n) is 7.26. The largest absolute Gasteiger partial charge is 0.342 e. The third-order valence-corrected chi connectivity index (χ3v) is 7.63. The van der Waals surface area contributed by atoms with Crippen LogP contribution in [0, 0.1) is 11.3 Å². The molecule has 30 heavy (non-hydrogen) atoms. The number of rotatable bonds is 6. The van der Waals surface area contributed by atoms with Gasteiger partial charge in [-0.1, -0.05) is 29.8 Å². The summed E-state index contributed by atoms with van der Waals surface area (Å²) in [6.07, 6.45) is 7.56. The van der Waals surface area contributed by atoms with Crippen LogP contribution in [0.1, 0.15) is 56.3 Å². The molecule has 1 amide bonds. The fourth-order valence-electron chi connectivity index (χ4n) is 5.30. The van der Waals surface area contributed by atoms with Crippen molar-refractivity contribution in [2.45, 2.75) is 51.6 Å². The lowest BCUT2D eigenvalue weighted by Crippen LogP contribution is -2.40. The van der Waals surface area contributed by atoms with Crippen molar-refractivity contribution in [3.63, 3.8) is 0 Å². The van der Waals surface area contributed by atoms with Crippen LogP contribution in [0.4, 0.5) is 0 Å². The standard InChI is InChI=1S/C24H31ClN4O/c1-17(2)29-14-22(26-16-29)20-13-27(12-19-5-3-4-6-21(19)25)15-24(20)9-10-28(23(24)30)11-18-7-8-18/h3-6,14,16-18,20H,7-13,15H2,1-2H3/t20-,24-/m1/s1. The molecule has 5 rings (SSSR count). The van der Waals surface area contributed by atoms with Gasteiger partial charge in [-0.2, -0.15) is 0 Å². The molecule has 1 saturated carbocycles. The summed E-state index contributed by atoms with van der Waals surface area (Å²) in [5, 5.41) is 0.798. The number of hydrogen-bond acceptors (Lipinski definition) is 3. The maximum Gasteiger partial charge on any atom is 0.230 e. The van der Waals surface area contributed by atoms with Crippen LogP contribution in [0.2, 0.25) is 5.02 Å². The summed E-state index contributed by atoms with van der Waals surface area (Å²) < 4.78 is 2.15. The van der Waals surface area contributed by atoms with Crippen molar-refractivity contribution in [3.05, 3.63) is 53.1 Å². The second-order valence-corrected chi connectivity index (χ2v) is 10.2. The normalized spacial score (nSPS) is 27.1. The summed E-state index contributed by atoms with van der Waals surface area (Å²) in [7, 11) is 0. The lowest BCUT2D eigenvalue weighted by atomic mass is 9.75. The Morgan fingerprint density at radius 1 is 1.27 bits per heavy atom. The van der Waals surface area contributed by atoms with Crippen molar-refractivity contribution in [1.29, 1.82) is 0 Å². The van der Waals surface area contributed by atoms with E-state index in [-0.39, 0.29) is 11.3 Å². The number of nitrogens with zero attached hydrogens (tertiary/aromatic N) is 4. The van der Waals surface area contributed by atoms with Gasteiger partial charge < -0.3 is 9.47 Å². The summed E-state index contributed by atoms with van der Waals surface area (Å²) in [6.45, 7) is 8.57. The SMILES string of the molecule is CC(C)n1cnc([C@H]2CN(Cc3ccccc3Cl)C[C@]23CCN(CC2CC2)C3=O)c1. The molecule has 3 heterocycles. The number of hydrogen-bond donors (Lipinski definition) is 0. The van der Waals surface area contributed by atoms with Gasteiger partial charge in [0.1, 0.15) is 0 Å². The summed E-state index contributed by atoms with van der Waals surface area (Å²) in [5.74, 6) is 1.21. The zero-order valence-corrected chi connectivity index (χ0v) is 18.7. The van der Waals surface area contributed by atoms with Gasteiger partial charge in [0.05, 0.1) is 17.4 Å². The van der Waals surface area contributed by atoms with Crippen LogP contribution in [-0.4, -0.2) is 51.4 Å². The quantitative estimate of drug-likeness (QED) is 0.689. The molecule has 2 saturated heterocycles. The number of amides is 1. The summed E-state index contributed by atoms with van der Waals surface area (Å²) in [5.41, 5.74) is 1.83. The minimum atomic E-state index is -0.355. The van der Waals surface area contributed by atoms with Crippen LogP contribution >= 0.6 is 11.6 Å². The van der Waals surface area contributed by atoms with Crippen LogP contribution in [0.25, 0.3) is 0 Å². The Morgan fingerprint density at radius 2 is 2.07 bits per heavy atom. The molecule has 0 bridgehead atoms. The van der Waals surface area contributed by atoms with Crippen LogP contribution in [0.15, 0.2) is 36.8 Å². The summed E-state index contributed by atoms with van der Waals surface area (Å²) in [6, 6.07) is 8.41. The second-order valence-electron chi connectivity index (χ2n) is 9.75. The predicted octanol–water partition coefficient (Wildman–Crippen LogP) is 4.35. The van der Waals surface area contributed by atoms with E-state index in [0.29, 0.717) is 11.9 Å². The minimum absolute atomic E-state index is 0.136. The number of aromatic nitrogens is 2. The molecule has 2 atom stereocenters. The van der Waals surface area contributed by atoms with Crippen LogP contribution in [0.5, 0.6) is 0 Å². The van der Waals surface area contributed by atoms with E-state index < -0.39 is 0 Å². The van der Waals surface area contributed by atoms with Crippen molar-refractivity contribution >= 4 is 17.5 Å². The number of benzene rings is 1. The molecule has 3 fully saturated rings. The number of carbonyl (C=O) groups excluding carboxylic acids is 1. The van der Waals surface area contributed by atoms with E-state index in [0.717, 1.165) is 61.3 Å². The Morgan fingerprint density at radius 3 is 2.77 bits per heavy atom. The molecular formula is C24H31ClN4O. The van der Waals surface area contributed by atoms with Gasteiger partial charge in [-0.05, 0) is 50.7 Å². The number of imidazole rings is 1. The van der Waals surface area contributed by atoms with E-state index in [2.05, 4.69) is 40.5 Å². The summed E-state index contributed by atoms with van der Waals surface area (Å²) >= 11 is 6.44. The van der Waals surface area contributed by atoms with Gasteiger partial charge in [0.15, 0.2) is 0 Å². The first-order chi connectivity index (χ1) is 14.5. The smallest absolute Gasteiger partial charge is 0.230 e. The van der Waals surface area contributed by atoms with Crippen LogP contribution in [-0.2, 0) is 11.3 Å². The Hall–Kier alpha value is -1.85. The highest BCUT2D eigenvalue weighted by molar-refractivity contribution is 6.31. The van der Waals surface area contributed by atoms with Crippen molar-refractivity contribution in [1.82, 2.24) is 19.4 Å². The maximum absolute atomic E-state index is 13.7. The fraction of sp³-hybridized carbons (Fsp3) is 0.583. The molecule has 2 aromatic rings. The second kappa shape index (κ2) is 7.69. The highest BCUT2D eigenvalue weighted by Crippen LogP contribution is 2.50. The molecule has 0 N–H and O–H groups in total. The first kappa shape index (κ1) is 20.1. The number of likely N-dealkylation sites (tertiary alicyclic amines) is 2. The Kier molecular flexibility index (Phi) is 5.14. The first-order valence-corrected chi connectivity index (χ1v) is 11.6. The average Bonchev–Trinajstić information content (AvgIpc) is 3.15. The van der Waals surface area contributed by atoms with E-state index in [4.69, 9.17) is 16.6 Å². The number of halogens is 1. The van der Waals surface area contributed by atoms with Crippen molar-refractivity contribution in [2.75, 3.05) is 26.2 Å². The predicted molar refractivity (Wildman–Crippen MR) is 118 cm³/mol. The topological polar surface area (TPSA) is 41.4 Å². The van der Waals surface area contributed by atoms with Gasteiger partial charge in [-0.15, -0.1) is 0 Å². The van der Waals surface area contributed by atoms with Gasteiger partial charge in [0.25, 0.3) is 0 Å². The minimum Gasteiger partial charge on any atom is -0.342 e. The molecule has 1 aromatic carbocycles. The molecule has 1 aliphatic carbocycles. The fourth-order valence-corrected chi connectivity index (χ4v) is 5.50. The molecular weight excluding hydrogens is 396 g/mol. The molecule has 6 heteroatoms. The highest BCUT2D eigenvalue weighted by atomic mass is 35.5. The van der Waals surface area contributed by atoms with Gasteiger partial charge in [-0.3, -0.25) is 9.69 Å². The summed E-state index contributed by atoms with van der Waals surface area (Å²) in [4.78, 5) is 23.0. The third kappa shape index (κ3) is 3.56. The molecule has 3 aliphatic rings. The molecule has 160 valence electrons. The number of carbonyl (C=O) groups is 1. The van der Waals surface area contributed by atoms with E-state index >= 15 is 0 Å². The Labute approximate surface area is 184 Å². The molecule has 2 aliphatic heterocycles.